The fraction of sp³-hybridized carbons (Fsp3) is 0.167. The maximum Gasteiger partial charge on any atom is 0.257 e. The van der Waals surface area contributed by atoms with E-state index in [-0.39, 0.29) is 5.91 Å². The third-order valence-corrected chi connectivity index (χ3v) is 3.11. The van der Waals surface area contributed by atoms with Crippen molar-refractivity contribution in [1.29, 1.82) is 0 Å². The molecule has 17 heavy (non-hydrogen) atoms. The van der Waals surface area contributed by atoms with Crippen LogP contribution in [0.1, 0.15) is 15.2 Å². The lowest BCUT2D eigenvalue weighted by atomic mass is 10.2. The number of hydrogen-bond acceptors (Lipinski definition) is 4. The minimum absolute atomic E-state index is 0.137. The van der Waals surface area contributed by atoms with Gasteiger partial charge in [0.1, 0.15) is 0 Å². The van der Waals surface area contributed by atoms with Crippen LogP contribution in [-0.2, 0) is 0 Å². The van der Waals surface area contributed by atoms with Crippen LogP contribution in [0.5, 0.6) is 0 Å². The Labute approximate surface area is 104 Å². The summed E-state index contributed by atoms with van der Waals surface area (Å²) in [6.07, 6.45) is 1.74. The molecule has 1 amide bonds. The van der Waals surface area contributed by atoms with E-state index < -0.39 is 0 Å². The first-order valence-electron chi connectivity index (χ1n) is 5.20. The van der Waals surface area contributed by atoms with Crippen LogP contribution >= 0.6 is 11.3 Å². The van der Waals surface area contributed by atoms with Crippen LogP contribution in [0, 0.1) is 6.92 Å². The number of amides is 1. The van der Waals surface area contributed by atoms with E-state index in [1.165, 1.54) is 11.3 Å². The molecule has 0 saturated carbocycles. The SMILES string of the molecule is CNc1ccc(C(=O)Nc2ncc(C)s2)cc1. The maximum absolute atomic E-state index is 11.9. The lowest BCUT2D eigenvalue weighted by Gasteiger charge is -2.03. The molecule has 5 heteroatoms. The van der Waals surface area contributed by atoms with Gasteiger partial charge in [-0.3, -0.25) is 10.1 Å². The minimum Gasteiger partial charge on any atom is -0.388 e. The molecule has 0 bridgehead atoms. The van der Waals surface area contributed by atoms with Crippen LogP contribution in [0.15, 0.2) is 30.5 Å². The number of carbonyl (C=O) groups excluding carboxylic acids is 1. The van der Waals surface area contributed by atoms with E-state index in [1.54, 1.807) is 18.3 Å². The van der Waals surface area contributed by atoms with Crippen LogP contribution < -0.4 is 10.6 Å². The van der Waals surface area contributed by atoms with Gasteiger partial charge in [0.05, 0.1) is 0 Å². The van der Waals surface area contributed by atoms with Crippen LogP contribution in [0.2, 0.25) is 0 Å². The molecule has 0 unspecified atom stereocenters. The number of hydrogen-bond donors (Lipinski definition) is 2. The zero-order chi connectivity index (χ0) is 12.3. The maximum atomic E-state index is 11.9. The molecular formula is C12H13N3OS. The molecule has 88 valence electrons. The van der Waals surface area contributed by atoms with Gasteiger partial charge in [0.2, 0.25) is 0 Å². The first kappa shape index (κ1) is 11.6. The molecule has 0 aliphatic heterocycles. The number of nitrogens with zero attached hydrogens (tertiary/aromatic N) is 1. The fourth-order valence-corrected chi connectivity index (χ4v) is 2.03. The van der Waals surface area contributed by atoms with E-state index in [2.05, 4.69) is 15.6 Å². The molecule has 0 atom stereocenters. The number of aryl methyl sites for hydroxylation is 1. The summed E-state index contributed by atoms with van der Waals surface area (Å²) in [6, 6.07) is 7.29. The Morgan fingerprint density at radius 2 is 2.00 bits per heavy atom. The molecule has 1 aromatic carbocycles. The predicted molar refractivity (Wildman–Crippen MR) is 70.8 cm³/mol. The highest BCUT2D eigenvalue weighted by atomic mass is 32.1. The van der Waals surface area contributed by atoms with Crippen LogP contribution in [0.4, 0.5) is 10.8 Å². The summed E-state index contributed by atoms with van der Waals surface area (Å²) in [7, 11) is 1.84. The molecule has 0 radical (unpaired) electrons. The van der Waals surface area contributed by atoms with Gasteiger partial charge in [-0.25, -0.2) is 4.98 Å². The van der Waals surface area contributed by atoms with Crippen LogP contribution in [-0.4, -0.2) is 17.9 Å². The zero-order valence-electron chi connectivity index (χ0n) is 9.65. The van der Waals surface area contributed by atoms with Crippen molar-refractivity contribution in [1.82, 2.24) is 4.98 Å². The van der Waals surface area contributed by atoms with Gasteiger partial charge in [0, 0.05) is 29.4 Å². The number of carbonyl (C=O) groups is 1. The first-order valence-corrected chi connectivity index (χ1v) is 6.02. The van der Waals surface area contributed by atoms with Crippen molar-refractivity contribution >= 4 is 28.1 Å². The summed E-state index contributed by atoms with van der Waals surface area (Å²) in [4.78, 5) is 17.0. The van der Waals surface area contributed by atoms with Gasteiger partial charge in [0.25, 0.3) is 5.91 Å². The van der Waals surface area contributed by atoms with Crippen molar-refractivity contribution in [3.63, 3.8) is 0 Å². The number of nitrogens with one attached hydrogen (secondary N) is 2. The molecule has 1 heterocycles. The minimum atomic E-state index is -0.137. The van der Waals surface area contributed by atoms with E-state index in [0.717, 1.165) is 10.6 Å². The highest BCUT2D eigenvalue weighted by Gasteiger charge is 2.07. The van der Waals surface area contributed by atoms with Crippen LogP contribution in [0.25, 0.3) is 0 Å². The Morgan fingerprint density at radius 3 is 2.53 bits per heavy atom. The second-order valence-corrected chi connectivity index (χ2v) is 4.79. The lowest BCUT2D eigenvalue weighted by molar-refractivity contribution is 0.102. The van der Waals surface area contributed by atoms with Crippen molar-refractivity contribution < 1.29 is 4.79 Å². The highest BCUT2D eigenvalue weighted by Crippen LogP contribution is 2.18. The molecule has 0 spiro atoms. The number of anilines is 2. The average molecular weight is 247 g/mol. The van der Waals surface area contributed by atoms with E-state index in [9.17, 15) is 4.79 Å². The normalized spacial score (nSPS) is 10.0. The monoisotopic (exact) mass is 247 g/mol. The van der Waals surface area contributed by atoms with Crippen molar-refractivity contribution in [3.05, 3.63) is 40.9 Å². The summed E-state index contributed by atoms with van der Waals surface area (Å²) < 4.78 is 0. The third kappa shape index (κ3) is 2.82. The second kappa shape index (κ2) is 4.97. The zero-order valence-corrected chi connectivity index (χ0v) is 10.5. The quantitative estimate of drug-likeness (QED) is 0.876. The Bertz CT molecular complexity index is 519. The standard InChI is InChI=1S/C12H13N3OS/c1-8-7-14-12(17-8)15-11(16)9-3-5-10(13-2)6-4-9/h3-7,13H,1-2H3,(H,14,15,16). The molecule has 4 nitrogen and oxygen atoms in total. The number of benzene rings is 1. The Balaban J connectivity index is 2.09. The number of aromatic nitrogens is 1. The molecule has 0 aliphatic carbocycles. The molecule has 2 N–H and O–H groups in total. The summed E-state index contributed by atoms with van der Waals surface area (Å²) in [5.74, 6) is -0.137. The second-order valence-electron chi connectivity index (χ2n) is 3.56. The summed E-state index contributed by atoms with van der Waals surface area (Å²) in [5.41, 5.74) is 1.60. The van der Waals surface area contributed by atoms with Gasteiger partial charge >= 0.3 is 0 Å². The predicted octanol–water partition coefficient (Wildman–Crippen LogP) is 2.75. The third-order valence-electron chi connectivity index (χ3n) is 2.28. The first-order chi connectivity index (χ1) is 8.19. The van der Waals surface area contributed by atoms with E-state index in [4.69, 9.17) is 0 Å². The Hall–Kier alpha value is -1.88. The largest absolute Gasteiger partial charge is 0.388 e. The molecule has 0 fully saturated rings. The van der Waals surface area contributed by atoms with Gasteiger partial charge in [-0.2, -0.15) is 0 Å². The average Bonchev–Trinajstić information content (AvgIpc) is 2.75. The van der Waals surface area contributed by atoms with Gasteiger partial charge in [-0.15, -0.1) is 11.3 Å². The topological polar surface area (TPSA) is 54.0 Å². The summed E-state index contributed by atoms with van der Waals surface area (Å²) in [5, 5.41) is 6.40. The van der Waals surface area contributed by atoms with E-state index in [0.29, 0.717) is 10.7 Å². The van der Waals surface area contributed by atoms with Crippen molar-refractivity contribution in [2.75, 3.05) is 17.7 Å². The smallest absolute Gasteiger partial charge is 0.257 e. The lowest BCUT2D eigenvalue weighted by Crippen LogP contribution is -2.11. The van der Waals surface area contributed by atoms with E-state index in [1.807, 2.05) is 26.1 Å². The van der Waals surface area contributed by atoms with Crippen molar-refractivity contribution in [3.8, 4) is 0 Å². The number of thiazole rings is 1. The van der Waals surface area contributed by atoms with Gasteiger partial charge in [0.15, 0.2) is 5.13 Å². The fourth-order valence-electron chi connectivity index (χ4n) is 1.37. The summed E-state index contributed by atoms with van der Waals surface area (Å²) in [6.45, 7) is 1.95. The highest BCUT2D eigenvalue weighted by molar-refractivity contribution is 7.15. The van der Waals surface area contributed by atoms with Gasteiger partial charge in [-0.1, -0.05) is 0 Å². The molecule has 2 aromatic rings. The molecule has 1 aromatic heterocycles. The molecular weight excluding hydrogens is 234 g/mol. The van der Waals surface area contributed by atoms with Crippen molar-refractivity contribution in [2.45, 2.75) is 6.92 Å². The Morgan fingerprint density at radius 1 is 1.29 bits per heavy atom. The van der Waals surface area contributed by atoms with E-state index >= 15 is 0 Å². The van der Waals surface area contributed by atoms with Gasteiger partial charge < -0.3 is 5.32 Å². The van der Waals surface area contributed by atoms with Gasteiger partial charge in [-0.05, 0) is 31.2 Å². The Kier molecular flexibility index (Phi) is 3.39. The molecule has 0 saturated heterocycles. The van der Waals surface area contributed by atoms with Crippen molar-refractivity contribution in [2.24, 2.45) is 0 Å². The summed E-state index contributed by atoms with van der Waals surface area (Å²) >= 11 is 1.46. The molecule has 0 aliphatic rings. The molecule has 2 rings (SSSR count). The van der Waals surface area contributed by atoms with Crippen LogP contribution in [0.3, 0.4) is 0 Å². The number of rotatable bonds is 3.